The van der Waals surface area contributed by atoms with E-state index in [4.69, 9.17) is 0 Å². The molecule has 0 spiro atoms. The minimum atomic E-state index is -0.117. The van der Waals surface area contributed by atoms with Gasteiger partial charge in [0.25, 0.3) is 0 Å². The summed E-state index contributed by atoms with van der Waals surface area (Å²) in [6.07, 6.45) is 2.41. The van der Waals surface area contributed by atoms with Crippen LogP contribution < -0.4 is 5.32 Å². The molecule has 2 rings (SSSR count). The van der Waals surface area contributed by atoms with Crippen molar-refractivity contribution in [2.45, 2.75) is 25.7 Å². The van der Waals surface area contributed by atoms with Crippen molar-refractivity contribution in [3.8, 4) is 0 Å². The molecule has 1 nitrogen and oxygen atoms in total. The van der Waals surface area contributed by atoms with Gasteiger partial charge in [0, 0.05) is 0 Å². The molecule has 1 aromatic carbocycles. The molecule has 1 fully saturated rings. The highest BCUT2D eigenvalue weighted by atomic mass is 19.1. The predicted octanol–water partition coefficient (Wildman–Crippen LogP) is 2.93. The zero-order valence-corrected chi connectivity index (χ0v) is 9.17. The molecule has 1 N–H and O–H groups in total. The first-order valence-electron chi connectivity index (χ1n) is 5.73. The second kappa shape index (κ2) is 4.75. The van der Waals surface area contributed by atoms with Crippen LogP contribution in [0.3, 0.4) is 0 Å². The summed E-state index contributed by atoms with van der Waals surface area (Å²) < 4.78 is 13.1. The van der Waals surface area contributed by atoms with Crippen molar-refractivity contribution in [3.63, 3.8) is 0 Å². The second-order valence-corrected chi connectivity index (χ2v) is 4.43. The van der Waals surface area contributed by atoms with Crippen molar-refractivity contribution < 1.29 is 4.39 Å². The van der Waals surface area contributed by atoms with E-state index < -0.39 is 0 Å². The number of hydrogen-bond acceptors (Lipinski definition) is 1. The Morgan fingerprint density at radius 3 is 2.73 bits per heavy atom. The minimum absolute atomic E-state index is 0.117. The van der Waals surface area contributed by atoms with Crippen LogP contribution in [0.5, 0.6) is 0 Å². The maximum atomic E-state index is 13.1. The van der Waals surface area contributed by atoms with E-state index >= 15 is 0 Å². The second-order valence-electron chi connectivity index (χ2n) is 4.43. The Morgan fingerprint density at radius 2 is 2.07 bits per heavy atom. The van der Waals surface area contributed by atoms with Crippen LogP contribution in [0.15, 0.2) is 24.3 Å². The molecule has 1 saturated heterocycles. The summed E-state index contributed by atoms with van der Waals surface area (Å²) in [7, 11) is 0. The Morgan fingerprint density at radius 1 is 1.33 bits per heavy atom. The molecule has 1 unspecified atom stereocenters. The van der Waals surface area contributed by atoms with Crippen LogP contribution in [-0.2, 0) is 0 Å². The molecule has 1 aliphatic heterocycles. The van der Waals surface area contributed by atoms with E-state index in [-0.39, 0.29) is 5.82 Å². The summed E-state index contributed by atoms with van der Waals surface area (Å²) in [5.41, 5.74) is 1.14. The van der Waals surface area contributed by atoms with Gasteiger partial charge in [-0.2, -0.15) is 0 Å². The molecule has 0 saturated carbocycles. The highest BCUT2D eigenvalue weighted by Crippen LogP contribution is 2.30. The minimum Gasteiger partial charge on any atom is -0.317 e. The maximum absolute atomic E-state index is 13.1. The van der Waals surface area contributed by atoms with Crippen LogP contribution in [0.1, 0.15) is 31.2 Å². The third-order valence-corrected chi connectivity index (χ3v) is 3.47. The van der Waals surface area contributed by atoms with Gasteiger partial charge in [0.1, 0.15) is 5.82 Å². The molecular weight excluding hydrogens is 189 g/mol. The number of rotatable bonds is 2. The summed E-state index contributed by atoms with van der Waals surface area (Å²) in [5, 5.41) is 3.36. The first-order chi connectivity index (χ1) is 7.27. The number of hydrogen-bond donors (Lipinski definition) is 1. The summed E-state index contributed by atoms with van der Waals surface area (Å²) in [5.74, 6) is 1.06. The summed E-state index contributed by atoms with van der Waals surface area (Å²) >= 11 is 0. The number of piperidine rings is 1. The van der Waals surface area contributed by atoms with Gasteiger partial charge >= 0.3 is 0 Å². The Kier molecular flexibility index (Phi) is 3.37. The van der Waals surface area contributed by atoms with E-state index in [0.717, 1.165) is 18.7 Å². The van der Waals surface area contributed by atoms with Crippen molar-refractivity contribution in [1.82, 2.24) is 5.32 Å². The average molecular weight is 207 g/mol. The zero-order valence-electron chi connectivity index (χ0n) is 9.17. The van der Waals surface area contributed by atoms with Gasteiger partial charge in [0.05, 0.1) is 0 Å². The van der Waals surface area contributed by atoms with Gasteiger partial charge < -0.3 is 5.32 Å². The fourth-order valence-corrected chi connectivity index (χ4v) is 2.41. The van der Waals surface area contributed by atoms with Crippen LogP contribution >= 0.6 is 0 Å². The molecule has 0 aliphatic carbocycles. The van der Waals surface area contributed by atoms with E-state index in [0.29, 0.717) is 11.8 Å². The van der Waals surface area contributed by atoms with E-state index in [1.807, 2.05) is 12.1 Å². The maximum Gasteiger partial charge on any atom is 0.123 e. The molecule has 0 radical (unpaired) electrons. The van der Waals surface area contributed by atoms with Crippen LogP contribution in [0, 0.1) is 11.7 Å². The molecule has 1 aromatic rings. The topological polar surface area (TPSA) is 12.0 Å². The molecule has 0 bridgehead atoms. The number of benzene rings is 1. The monoisotopic (exact) mass is 207 g/mol. The first kappa shape index (κ1) is 10.6. The van der Waals surface area contributed by atoms with Crippen LogP contribution in [0.4, 0.5) is 4.39 Å². The third kappa shape index (κ3) is 2.57. The molecule has 0 amide bonds. The van der Waals surface area contributed by atoms with Crippen molar-refractivity contribution >= 4 is 0 Å². The van der Waals surface area contributed by atoms with Gasteiger partial charge in [-0.15, -0.1) is 0 Å². The average Bonchev–Trinajstić information content (AvgIpc) is 2.29. The zero-order chi connectivity index (χ0) is 10.7. The lowest BCUT2D eigenvalue weighted by Gasteiger charge is -2.28. The van der Waals surface area contributed by atoms with Crippen molar-refractivity contribution in [2.75, 3.05) is 13.1 Å². The molecule has 0 aromatic heterocycles. The molecule has 1 atom stereocenters. The van der Waals surface area contributed by atoms with Gasteiger partial charge in [-0.1, -0.05) is 19.1 Å². The number of halogens is 1. The normalized spacial score (nSPS) is 20.1. The number of nitrogens with one attached hydrogen (secondary N) is 1. The summed E-state index contributed by atoms with van der Waals surface area (Å²) in [4.78, 5) is 0. The van der Waals surface area contributed by atoms with E-state index in [1.54, 1.807) is 6.07 Å². The largest absolute Gasteiger partial charge is 0.317 e. The van der Waals surface area contributed by atoms with Crippen LogP contribution in [0.25, 0.3) is 0 Å². The Bertz CT molecular complexity index is 318. The lowest BCUT2D eigenvalue weighted by atomic mass is 9.82. The first-order valence-corrected chi connectivity index (χ1v) is 5.73. The van der Waals surface area contributed by atoms with Gasteiger partial charge in [-0.05, 0) is 55.5 Å². The lowest BCUT2D eigenvalue weighted by molar-refractivity contribution is 0.330. The molecular formula is C13H18FN. The molecule has 82 valence electrons. The van der Waals surface area contributed by atoms with Crippen LogP contribution in [-0.4, -0.2) is 13.1 Å². The van der Waals surface area contributed by atoms with Gasteiger partial charge in [0.15, 0.2) is 0 Å². The van der Waals surface area contributed by atoms with Crippen molar-refractivity contribution in [3.05, 3.63) is 35.6 Å². The molecule has 2 heteroatoms. The highest BCUT2D eigenvalue weighted by molar-refractivity contribution is 5.20. The molecule has 1 heterocycles. The Labute approximate surface area is 90.7 Å². The lowest BCUT2D eigenvalue weighted by Crippen LogP contribution is -2.30. The highest BCUT2D eigenvalue weighted by Gasteiger charge is 2.21. The fourth-order valence-electron chi connectivity index (χ4n) is 2.41. The summed E-state index contributed by atoms with van der Waals surface area (Å²) in [6.45, 7) is 4.42. The van der Waals surface area contributed by atoms with E-state index in [2.05, 4.69) is 12.2 Å². The quantitative estimate of drug-likeness (QED) is 0.786. The van der Waals surface area contributed by atoms with Crippen LogP contribution in [0.2, 0.25) is 0 Å². The Hall–Kier alpha value is -0.890. The molecule has 1 aliphatic rings. The standard InChI is InChI=1S/C13H18FN/c1-10(11-5-7-15-8-6-11)12-3-2-4-13(14)9-12/h2-4,9-11,15H,5-8H2,1H3. The van der Waals surface area contributed by atoms with Crippen molar-refractivity contribution in [1.29, 1.82) is 0 Å². The third-order valence-electron chi connectivity index (χ3n) is 3.47. The van der Waals surface area contributed by atoms with Crippen molar-refractivity contribution in [2.24, 2.45) is 5.92 Å². The predicted molar refractivity (Wildman–Crippen MR) is 60.4 cm³/mol. The smallest absolute Gasteiger partial charge is 0.123 e. The van der Waals surface area contributed by atoms with E-state index in [1.165, 1.54) is 18.9 Å². The van der Waals surface area contributed by atoms with Gasteiger partial charge in [-0.3, -0.25) is 0 Å². The van der Waals surface area contributed by atoms with Gasteiger partial charge in [-0.25, -0.2) is 4.39 Å². The fraction of sp³-hybridized carbons (Fsp3) is 0.538. The Balaban J connectivity index is 2.08. The SMILES string of the molecule is CC(c1cccc(F)c1)C1CCNCC1. The summed E-state index contributed by atoms with van der Waals surface area (Å²) in [6, 6.07) is 7.03. The molecule has 15 heavy (non-hydrogen) atoms. The van der Waals surface area contributed by atoms with Gasteiger partial charge in [0.2, 0.25) is 0 Å². The van der Waals surface area contributed by atoms with E-state index in [9.17, 15) is 4.39 Å².